The second kappa shape index (κ2) is 15.6. The van der Waals surface area contributed by atoms with Gasteiger partial charge >= 0.3 is 0 Å². The molecule has 58 heavy (non-hydrogen) atoms. The first kappa shape index (κ1) is 37.2. The zero-order chi connectivity index (χ0) is 39.3. The van der Waals surface area contributed by atoms with Gasteiger partial charge in [0, 0.05) is 47.4 Å². The summed E-state index contributed by atoms with van der Waals surface area (Å²) in [7, 11) is 3.42. The van der Waals surface area contributed by atoms with E-state index < -0.39 is 0 Å². The van der Waals surface area contributed by atoms with Crippen LogP contribution >= 0.6 is 0 Å². The third kappa shape index (κ3) is 6.58. The number of hydrogen-bond donors (Lipinski definition) is 0. The molecule has 6 aliphatic heterocycles. The summed E-state index contributed by atoms with van der Waals surface area (Å²) in [6, 6.07) is 25.1. The fraction of sp³-hybridized carbons (Fsp3) is 0.458. The van der Waals surface area contributed by atoms with Crippen LogP contribution in [0.5, 0.6) is 23.3 Å². The average molecular weight is 779 g/mol. The SMILES string of the molecule is CCC1CN2CC[C@H]1C[C@@H]2[C@@H](Oc1nnc(O[C@@H](c2ccnc3ccc(OC)cc23)C2CC3CCN2C[C@@H]3CC)c2ccccc12)c1ccnc2ccc(OC)cc12. The largest absolute Gasteiger partial charge is 0.497 e. The predicted octanol–water partition coefficient (Wildman–Crippen LogP) is 9.22. The van der Waals surface area contributed by atoms with Gasteiger partial charge in [-0.15, -0.1) is 10.2 Å². The van der Waals surface area contributed by atoms with Gasteiger partial charge in [0.15, 0.2) is 0 Å². The third-order valence-electron chi connectivity index (χ3n) is 14.3. The number of ether oxygens (including phenoxy) is 4. The highest BCUT2D eigenvalue weighted by molar-refractivity contribution is 5.91. The van der Waals surface area contributed by atoms with Crippen LogP contribution in [0.1, 0.15) is 75.7 Å². The van der Waals surface area contributed by atoms with Crippen molar-refractivity contribution in [2.24, 2.45) is 23.7 Å². The summed E-state index contributed by atoms with van der Waals surface area (Å²) in [6.45, 7) is 9.00. The van der Waals surface area contributed by atoms with Crippen LogP contribution in [0.2, 0.25) is 0 Å². The Hall–Kier alpha value is -5.06. The molecule has 0 N–H and O–H groups in total. The van der Waals surface area contributed by atoms with Gasteiger partial charge in [0.1, 0.15) is 23.7 Å². The Morgan fingerprint density at radius 1 is 0.603 bits per heavy atom. The van der Waals surface area contributed by atoms with Gasteiger partial charge in [-0.3, -0.25) is 19.8 Å². The lowest BCUT2D eigenvalue weighted by Crippen LogP contribution is -2.56. The highest BCUT2D eigenvalue weighted by Crippen LogP contribution is 2.47. The van der Waals surface area contributed by atoms with E-state index in [1.54, 1.807) is 14.2 Å². The van der Waals surface area contributed by atoms with E-state index in [0.29, 0.717) is 35.4 Å². The lowest BCUT2D eigenvalue weighted by atomic mass is 9.72. The van der Waals surface area contributed by atoms with Crippen LogP contribution in [-0.4, -0.2) is 82.4 Å². The molecule has 4 bridgehead atoms. The molecule has 0 saturated carbocycles. The Bertz CT molecular complexity index is 2280. The van der Waals surface area contributed by atoms with Gasteiger partial charge in [0.05, 0.1) is 48.1 Å². The molecule has 5 unspecified atom stereocenters. The lowest BCUT2D eigenvalue weighted by molar-refractivity contribution is -0.0505. The number of fused-ring (bicyclic) bond motifs is 9. The number of nitrogens with zero attached hydrogens (tertiary/aromatic N) is 6. The van der Waals surface area contributed by atoms with Gasteiger partial charge in [0.2, 0.25) is 11.8 Å². The maximum atomic E-state index is 7.30. The molecule has 6 saturated heterocycles. The smallest absolute Gasteiger partial charge is 0.242 e. The Morgan fingerprint density at radius 2 is 1.07 bits per heavy atom. The fourth-order valence-electron chi connectivity index (χ4n) is 11.1. The van der Waals surface area contributed by atoms with E-state index in [2.05, 4.69) is 72.2 Å². The van der Waals surface area contributed by atoms with Crippen LogP contribution in [0, 0.1) is 23.7 Å². The molecule has 6 aliphatic rings. The van der Waals surface area contributed by atoms with Gasteiger partial charge in [-0.1, -0.05) is 38.8 Å². The van der Waals surface area contributed by atoms with E-state index >= 15 is 0 Å². The van der Waals surface area contributed by atoms with E-state index in [4.69, 9.17) is 39.1 Å². The first-order chi connectivity index (χ1) is 28.5. The third-order valence-corrected chi connectivity index (χ3v) is 14.3. The molecular formula is C48H54N6O4. The molecule has 10 nitrogen and oxygen atoms in total. The van der Waals surface area contributed by atoms with Crippen molar-refractivity contribution in [3.63, 3.8) is 0 Å². The number of aromatic nitrogens is 4. The van der Waals surface area contributed by atoms with E-state index in [1.165, 1.54) is 25.7 Å². The fourth-order valence-corrected chi connectivity index (χ4v) is 11.1. The van der Waals surface area contributed by atoms with Crippen molar-refractivity contribution < 1.29 is 18.9 Å². The van der Waals surface area contributed by atoms with Crippen LogP contribution in [0.3, 0.4) is 0 Å². The van der Waals surface area contributed by atoms with Gasteiger partial charge in [0.25, 0.3) is 0 Å². The number of pyridine rings is 2. The normalized spacial score (nSPS) is 27.4. The van der Waals surface area contributed by atoms with E-state index in [-0.39, 0.29) is 24.3 Å². The van der Waals surface area contributed by atoms with Crippen molar-refractivity contribution >= 4 is 32.6 Å². The second-order valence-corrected chi connectivity index (χ2v) is 17.0. The highest BCUT2D eigenvalue weighted by atomic mass is 16.5. The van der Waals surface area contributed by atoms with Crippen molar-refractivity contribution in [3.8, 4) is 23.3 Å². The van der Waals surface area contributed by atoms with Gasteiger partial charge in [-0.25, -0.2) is 0 Å². The van der Waals surface area contributed by atoms with Crippen LogP contribution in [0.4, 0.5) is 0 Å². The number of rotatable bonds is 12. The Balaban J connectivity index is 1.06. The van der Waals surface area contributed by atoms with Gasteiger partial charge in [-0.2, -0.15) is 0 Å². The predicted molar refractivity (Wildman–Crippen MR) is 227 cm³/mol. The Morgan fingerprint density at radius 3 is 1.47 bits per heavy atom. The van der Waals surface area contributed by atoms with Crippen molar-refractivity contribution in [2.45, 2.75) is 76.7 Å². The highest BCUT2D eigenvalue weighted by Gasteiger charge is 2.46. The molecular weight excluding hydrogens is 725 g/mol. The first-order valence-electron chi connectivity index (χ1n) is 21.5. The summed E-state index contributed by atoms with van der Waals surface area (Å²) >= 11 is 0. The molecule has 10 atom stereocenters. The Labute approximate surface area is 340 Å². The topological polar surface area (TPSA) is 95.0 Å². The molecule has 9 heterocycles. The molecule has 10 heteroatoms. The second-order valence-electron chi connectivity index (χ2n) is 17.0. The lowest BCUT2D eigenvalue weighted by Gasteiger charge is -2.52. The summed E-state index contributed by atoms with van der Waals surface area (Å²) in [5.74, 6) is 5.39. The molecule has 6 aromatic rings. The first-order valence-corrected chi connectivity index (χ1v) is 21.5. The van der Waals surface area contributed by atoms with Crippen LogP contribution in [0.15, 0.2) is 85.2 Å². The molecule has 0 spiro atoms. The minimum Gasteiger partial charge on any atom is -0.497 e. The molecule has 0 amide bonds. The van der Waals surface area contributed by atoms with E-state index in [1.807, 2.05) is 36.7 Å². The number of methoxy groups -OCH3 is 2. The summed E-state index contributed by atoms with van der Waals surface area (Å²) in [5.41, 5.74) is 4.01. The molecule has 12 rings (SSSR count). The average Bonchev–Trinajstić information content (AvgIpc) is 3.29. The van der Waals surface area contributed by atoms with Crippen molar-refractivity contribution in [1.82, 2.24) is 30.0 Å². The summed E-state index contributed by atoms with van der Waals surface area (Å²) in [5, 5.41) is 13.7. The monoisotopic (exact) mass is 778 g/mol. The molecule has 6 fully saturated rings. The molecule has 3 aromatic heterocycles. The minimum atomic E-state index is -0.300. The van der Waals surface area contributed by atoms with Crippen LogP contribution < -0.4 is 18.9 Å². The molecule has 0 radical (unpaired) electrons. The zero-order valence-electron chi connectivity index (χ0n) is 34.1. The van der Waals surface area contributed by atoms with Crippen LogP contribution in [-0.2, 0) is 0 Å². The number of hydrogen-bond acceptors (Lipinski definition) is 10. The quantitative estimate of drug-likeness (QED) is 0.120. The molecule has 3 aromatic carbocycles. The maximum Gasteiger partial charge on any atom is 0.242 e. The summed E-state index contributed by atoms with van der Waals surface area (Å²) in [4.78, 5) is 14.8. The van der Waals surface area contributed by atoms with Crippen molar-refractivity contribution in [1.29, 1.82) is 0 Å². The zero-order valence-corrected chi connectivity index (χ0v) is 34.1. The van der Waals surface area contributed by atoms with Crippen LogP contribution in [0.25, 0.3) is 32.6 Å². The molecule has 300 valence electrons. The Kier molecular flexibility index (Phi) is 10.0. The van der Waals surface area contributed by atoms with Crippen molar-refractivity contribution in [2.75, 3.05) is 40.4 Å². The van der Waals surface area contributed by atoms with Crippen molar-refractivity contribution in [3.05, 3.63) is 96.3 Å². The number of piperidine rings is 6. The summed E-state index contributed by atoms with van der Waals surface area (Å²) < 4.78 is 26.0. The standard InChI is InChI=1S/C48H54N6O4/c1-5-29-27-53-21-17-31(29)23-43(53)45(35-15-19-49-41-13-11-33(55-3)25-39(35)41)57-47-37-9-7-8-10-38(37)48(52-51-47)58-46(44-24-32-18-22-54(44)28-30(32)6-2)36-16-20-50-42-14-12-34(56-4)26-40(36)42/h7-16,19-20,25-26,29-32,43-46H,5-6,17-18,21-24,27-28H2,1-4H3/t29-,30?,31?,32-,43?,44+,45-,46-/m0/s1. The summed E-state index contributed by atoms with van der Waals surface area (Å²) in [6.07, 6.45) is 10.2. The van der Waals surface area contributed by atoms with Gasteiger partial charge in [-0.05, 0) is 123 Å². The van der Waals surface area contributed by atoms with E-state index in [0.717, 1.165) is 94.2 Å². The van der Waals surface area contributed by atoms with E-state index in [9.17, 15) is 0 Å². The molecule has 0 aliphatic carbocycles. The minimum absolute atomic E-state index is 0.180. The number of benzene rings is 3. The maximum absolute atomic E-state index is 7.30. The van der Waals surface area contributed by atoms with Gasteiger partial charge < -0.3 is 18.9 Å².